The lowest BCUT2D eigenvalue weighted by Crippen LogP contribution is -2.34. The van der Waals surface area contributed by atoms with Crippen LogP contribution in [0, 0.1) is 24.0 Å². The summed E-state index contributed by atoms with van der Waals surface area (Å²) >= 11 is 1.25. The van der Waals surface area contributed by atoms with E-state index in [1.54, 1.807) is 18.1 Å². The van der Waals surface area contributed by atoms with Gasteiger partial charge in [0.25, 0.3) is 5.69 Å². The molecule has 1 N–H and O–H groups in total. The average Bonchev–Trinajstić information content (AvgIpc) is 3.05. The van der Waals surface area contributed by atoms with Crippen molar-refractivity contribution in [1.29, 1.82) is 0 Å². The Hall–Kier alpha value is -3.24. The fraction of sp³-hybridized carbons (Fsp3) is 0.348. The molecule has 1 aliphatic heterocycles. The van der Waals surface area contributed by atoms with Gasteiger partial charge in [0.1, 0.15) is 5.25 Å². The molecule has 1 unspecified atom stereocenters. The minimum absolute atomic E-state index is 0.0705. The van der Waals surface area contributed by atoms with Crippen LogP contribution in [0.1, 0.15) is 24.0 Å². The summed E-state index contributed by atoms with van der Waals surface area (Å²) in [6, 6.07) is 11.5. The average molecular weight is 471 g/mol. The third-order valence-electron chi connectivity index (χ3n) is 5.18. The van der Waals surface area contributed by atoms with Crippen LogP contribution < -0.4 is 5.32 Å². The normalized spacial score (nSPS) is 16.9. The summed E-state index contributed by atoms with van der Waals surface area (Å²) in [7, 11) is 1.60. The first-order valence-electron chi connectivity index (χ1n) is 10.5. The molecule has 33 heavy (non-hydrogen) atoms. The highest BCUT2D eigenvalue weighted by atomic mass is 32.2. The maximum absolute atomic E-state index is 13.1. The number of amides is 2. The number of carbonyl (C=O) groups excluding carboxylic acids is 2. The summed E-state index contributed by atoms with van der Waals surface area (Å²) < 4.78 is 5.11. The lowest BCUT2D eigenvalue weighted by molar-refractivity contribution is -0.384. The second-order valence-electron chi connectivity index (χ2n) is 7.67. The predicted octanol–water partition coefficient (Wildman–Crippen LogP) is 4.21. The topological polar surface area (TPSA) is 114 Å². The van der Waals surface area contributed by atoms with Gasteiger partial charge >= 0.3 is 0 Å². The summed E-state index contributed by atoms with van der Waals surface area (Å²) in [5.74, 6) is -0.585. The van der Waals surface area contributed by atoms with Gasteiger partial charge in [-0.2, -0.15) is 0 Å². The van der Waals surface area contributed by atoms with Gasteiger partial charge in [0, 0.05) is 44.5 Å². The van der Waals surface area contributed by atoms with Crippen LogP contribution in [-0.4, -0.2) is 52.3 Å². The molecule has 1 aliphatic rings. The quantitative estimate of drug-likeness (QED) is 0.334. The highest BCUT2D eigenvalue weighted by molar-refractivity contribution is 8.15. The molecular formula is C23H26N4O5S. The number of nitrogens with zero attached hydrogens (tertiary/aromatic N) is 3. The Morgan fingerprint density at radius 2 is 2.03 bits per heavy atom. The molecule has 1 atom stereocenters. The van der Waals surface area contributed by atoms with Crippen molar-refractivity contribution < 1.29 is 19.2 Å². The van der Waals surface area contributed by atoms with E-state index in [4.69, 9.17) is 4.74 Å². The third-order valence-corrected chi connectivity index (χ3v) is 6.35. The predicted molar refractivity (Wildman–Crippen MR) is 129 cm³/mol. The Kier molecular flexibility index (Phi) is 8.18. The van der Waals surface area contributed by atoms with Crippen LogP contribution in [-0.2, 0) is 14.3 Å². The van der Waals surface area contributed by atoms with E-state index in [9.17, 15) is 19.7 Å². The summed E-state index contributed by atoms with van der Waals surface area (Å²) in [6.45, 7) is 4.96. The number of non-ortho nitro benzene ring substituents is 1. The number of nitrogens with one attached hydrogen (secondary N) is 1. The second kappa shape index (κ2) is 11.1. The number of nitro benzene ring substituents is 1. The minimum atomic E-state index is -0.628. The van der Waals surface area contributed by atoms with Crippen LogP contribution >= 0.6 is 11.8 Å². The number of nitro groups is 1. The molecule has 0 aromatic heterocycles. The Morgan fingerprint density at radius 1 is 1.24 bits per heavy atom. The van der Waals surface area contributed by atoms with Gasteiger partial charge in [-0.1, -0.05) is 23.9 Å². The molecule has 1 fully saturated rings. The summed E-state index contributed by atoms with van der Waals surface area (Å²) in [5, 5.41) is 13.5. The Labute approximate surface area is 196 Å². The first kappa shape index (κ1) is 24.4. The van der Waals surface area contributed by atoms with Crippen molar-refractivity contribution in [2.45, 2.75) is 31.9 Å². The van der Waals surface area contributed by atoms with Gasteiger partial charge < -0.3 is 10.1 Å². The van der Waals surface area contributed by atoms with Gasteiger partial charge in [0.2, 0.25) is 11.8 Å². The van der Waals surface area contributed by atoms with Gasteiger partial charge in [-0.15, -0.1) is 0 Å². The number of anilines is 1. The summed E-state index contributed by atoms with van der Waals surface area (Å²) in [4.78, 5) is 42.4. The Bertz CT molecular complexity index is 1090. The van der Waals surface area contributed by atoms with E-state index in [1.807, 2.05) is 32.0 Å². The minimum Gasteiger partial charge on any atom is -0.385 e. The number of methoxy groups -OCH3 is 1. The molecule has 0 radical (unpaired) electrons. The zero-order valence-corrected chi connectivity index (χ0v) is 19.6. The number of rotatable bonds is 9. The van der Waals surface area contributed by atoms with Crippen molar-refractivity contribution in [3.8, 4) is 0 Å². The number of thioether (sulfide) groups is 1. The Morgan fingerprint density at radius 3 is 2.73 bits per heavy atom. The summed E-state index contributed by atoms with van der Waals surface area (Å²) in [6.07, 6.45) is 0.570. The van der Waals surface area contributed by atoms with Gasteiger partial charge in [-0.05, 0) is 49.6 Å². The number of benzene rings is 2. The number of aryl methyl sites for hydroxylation is 2. The number of aliphatic imine (C=N–C) groups is 1. The number of ether oxygens (including phenoxy) is 1. The maximum Gasteiger partial charge on any atom is 0.271 e. The van der Waals surface area contributed by atoms with E-state index in [1.165, 1.54) is 30.0 Å². The lowest BCUT2D eigenvalue weighted by Gasteiger charge is -2.16. The number of hydrogen-bond donors (Lipinski definition) is 1. The molecule has 10 heteroatoms. The van der Waals surface area contributed by atoms with E-state index in [0.717, 1.165) is 16.8 Å². The van der Waals surface area contributed by atoms with Gasteiger partial charge in [0.05, 0.1) is 10.6 Å². The third kappa shape index (κ3) is 6.39. The first-order chi connectivity index (χ1) is 15.8. The van der Waals surface area contributed by atoms with Crippen LogP contribution in [0.3, 0.4) is 0 Å². The van der Waals surface area contributed by atoms with E-state index in [2.05, 4.69) is 10.3 Å². The highest BCUT2D eigenvalue weighted by Gasteiger charge is 2.39. The van der Waals surface area contributed by atoms with Gasteiger partial charge in [0.15, 0.2) is 5.17 Å². The van der Waals surface area contributed by atoms with Gasteiger partial charge in [-0.3, -0.25) is 24.6 Å². The van der Waals surface area contributed by atoms with Crippen molar-refractivity contribution in [2.75, 3.05) is 25.6 Å². The van der Waals surface area contributed by atoms with Crippen molar-refractivity contribution in [3.05, 3.63) is 63.7 Å². The standard InChI is InChI=1S/C23H26N4O5S/c1-15-8-9-18(12-16(15)2)25-23-26(10-5-11-32-3)22(29)20(33-23)14-21(28)24-17-6-4-7-19(13-17)27(30)31/h4,6-9,12-13,20H,5,10-11,14H2,1-3H3,(H,24,28). The fourth-order valence-corrected chi connectivity index (χ4v) is 4.46. The van der Waals surface area contributed by atoms with E-state index < -0.39 is 16.1 Å². The molecule has 0 saturated carbocycles. The molecule has 0 aliphatic carbocycles. The highest BCUT2D eigenvalue weighted by Crippen LogP contribution is 2.32. The molecular weight excluding hydrogens is 444 g/mol. The molecule has 9 nitrogen and oxygen atoms in total. The van der Waals surface area contributed by atoms with Crippen molar-refractivity contribution in [1.82, 2.24) is 4.90 Å². The van der Waals surface area contributed by atoms with Crippen LogP contribution in [0.5, 0.6) is 0 Å². The molecule has 0 bridgehead atoms. The van der Waals surface area contributed by atoms with Crippen molar-refractivity contribution in [2.24, 2.45) is 4.99 Å². The molecule has 2 aromatic carbocycles. The molecule has 174 valence electrons. The van der Waals surface area contributed by atoms with E-state index >= 15 is 0 Å². The van der Waals surface area contributed by atoms with Crippen molar-refractivity contribution in [3.63, 3.8) is 0 Å². The molecule has 2 aromatic rings. The number of amidine groups is 1. The Balaban J connectivity index is 1.75. The zero-order valence-electron chi connectivity index (χ0n) is 18.7. The molecule has 1 heterocycles. The van der Waals surface area contributed by atoms with Gasteiger partial charge in [-0.25, -0.2) is 4.99 Å². The smallest absolute Gasteiger partial charge is 0.271 e. The fourth-order valence-electron chi connectivity index (χ4n) is 3.28. The molecule has 2 amide bonds. The van der Waals surface area contributed by atoms with E-state index in [0.29, 0.717) is 30.4 Å². The monoisotopic (exact) mass is 470 g/mol. The van der Waals surface area contributed by atoms with Crippen LogP contribution in [0.4, 0.5) is 17.1 Å². The second-order valence-corrected chi connectivity index (χ2v) is 8.84. The molecule has 1 saturated heterocycles. The van der Waals surface area contributed by atoms with Crippen LogP contribution in [0.2, 0.25) is 0 Å². The summed E-state index contributed by atoms with van der Waals surface area (Å²) in [5.41, 5.74) is 3.19. The van der Waals surface area contributed by atoms with Crippen molar-refractivity contribution >= 4 is 45.8 Å². The van der Waals surface area contributed by atoms with E-state index in [-0.39, 0.29) is 18.0 Å². The molecule has 3 rings (SSSR count). The van der Waals surface area contributed by atoms with Crippen LogP contribution in [0.15, 0.2) is 47.5 Å². The SMILES string of the molecule is COCCCN1C(=O)C(CC(=O)Nc2cccc([N+](=O)[O-])c2)SC1=Nc1ccc(C)c(C)c1. The molecule has 0 spiro atoms. The maximum atomic E-state index is 13.1. The largest absolute Gasteiger partial charge is 0.385 e. The number of carbonyl (C=O) groups is 2. The zero-order chi connectivity index (χ0) is 24.0. The number of hydrogen-bond acceptors (Lipinski definition) is 7. The van der Waals surface area contributed by atoms with Crippen LogP contribution in [0.25, 0.3) is 0 Å². The lowest BCUT2D eigenvalue weighted by atomic mass is 10.1. The first-order valence-corrected chi connectivity index (χ1v) is 11.3.